The minimum absolute atomic E-state index is 0.0607. The summed E-state index contributed by atoms with van der Waals surface area (Å²) < 4.78 is 18.8. The maximum Gasteiger partial charge on any atom is 0.254 e. The molecule has 1 saturated heterocycles. The molecule has 1 fully saturated rings. The van der Waals surface area contributed by atoms with Gasteiger partial charge in [-0.3, -0.25) is 4.79 Å². The number of ether oxygens (including phenoxy) is 1. The number of carbonyl (C=O) groups is 1. The number of rotatable bonds is 1. The van der Waals surface area contributed by atoms with E-state index in [-0.39, 0.29) is 17.3 Å². The second-order valence-electron chi connectivity index (χ2n) is 5.30. The van der Waals surface area contributed by atoms with E-state index in [0.29, 0.717) is 30.8 Å². The van der Waals surface area contributed by atoms with Crippen LogP contribution in [0.15, 0.2) is 18.2 Å². The van der Waals surface area contributed by atoms with E-state index in [1.54, 1.807) is 17.9 Å². The molecule has 0 bridgehead atoms. The highest BCUT2D eigenvalue weighted by molar-refractivity contribution is 5.94. The molecule has 1 aliphatic rings. The Morgan fingerprint density at radius 1 is 1.44 bits per heavy atom. The van der Waals surface area contributed by atoms with E-state index in [9.17, 15) is 9.18 Å². The van der Waals surface area contributed by atoms with Crippen LogP contribution in [0.3, 0.4) is 0 Å². The van der Waals surface area contributed by atoms with Crippen LogP contribution in [0.5, 0.6) is 0 Å². The fraction of sp³-hybridized carbons (Fsp3) is 0.500. The number of carbonyl (C=O) groups excluding carboxylic acids is 1. The summed E-state index contributed by atoms with van der Waals surface area (Å²) in [7, 11) is 0. The third-order valence-electron chi connectivity index (χ3n) is 3.12. The minimum atomic E-state index is -0.316. The fourth-order valence-electron chi connectivity index (χ4n) is 2.15. The number of halogens is 1. The zero-order chi connectivity index (χ0) is 13.3. The SMILES string of the molecule is Cc1cc(C(=O)N2CCOC(C)(C)C2)ccc1F. The molecule has 0 N–H and O–H groups in total. The molecule has 0 saturated carbocycles. The number of morpholine rings is 1. The van der Waals surface area contributed by atoms with Crippen molar-refractivity contribution in [2.45, 2.75) is 26.4 Å². The lowest BCUT2D eigenvalue weighted by molar-refractivity contribution is -0.0764. The zero-order valence-electron chi connectivity index (χ0n) is 11.0. The molecule has 1 amide bonds. The van der Waals surface area contributed by atoms with Gasteiger partial charge in [0.15, 0.2) is 0 Å². The first-order valence-electron chi connectivity index (χ1n) is 6.08. The first kappa shape index (κ1) is 13.0. The third-order valence-corrected chi connectivity index (χ3v) is 3.12. The van der Waals surface area contributed by atoms with E-state index in [4.69, 9.17) is 4.74 Å². The maximum absolute atomic E-state index is 13.2. The quantitative estimate of drug-likeness (QED) is 0.767. The Bertz CT molecular complexity index is 471. The summed E-state index contributed by atoms with van der Waals surface area (Å²) >= 11 is 0. The summed E-state index contributed by atoms with van der Waals surface area (Å²) in [5.41, 5.74) is 0.711. The summed E-state index contributed by atoms with van der Waals surface area (Å²) in [6.45, 7) is 7.26. The van der Waals surface area contributed by atoms with E-state index in [0.717, 1.165) is 0 Å². The first-order valence-corrected chi connectivity index (χ1v) is 6.08. The lowest BCUT2D eigenvalue weighted by Crippen LogP contribution is -2.50. The largest absolute Gasteiger partial charge is 0.372 e. The van der Waals surface area contributed by atoms with E-state index in [1.165, 1.54) is 12.1 Å². The number of hydrogen-bond donors (Lipinski definition) is 0. The number of aryl methyl sites for hydroxylation is 1. The van der Waals surface area contributed by atoms with Gasteiger partial charge in [0.2, 0.25) is 0 Å². The van der Waals surface area contributed by atoms with Crippen molar-refractivity contribution in [2.75, 3.05) is 19.7 Å². The topological polar surface area (TPSA) is 29.5 Å². The van der Waals surface area contributed by atoms with E-state index >= 15 is 0 Å². The molecule has 4 heteroatoms. The van der Waals surface area contributed by atoms with Crippen LogP contribution in [0.4, 0.5) is 4.39 Å². The van der Waals surface area contributed by atoms with Crippen molar-refractivity contribution in [1.82, 2.24) is 4.90 Å². The monoisotopic (exact) mass is 251 g/mol. The highest BCUT2D eigenvalue weighted by atomic mass is 19.1. The van der Waals surface area contributed by atoms with Crippen LogP contribution in [-0.4, -0.2) is 36.1 Å². The van der Waals surface area contributed by atoms with Crippen molar-refractivity contribution in [3.05, 3.63) is 35.1 Å². The Hall–Kier alpha value is -1.42. The van der Waals surface area contributed by atoms with Gasteiger partial charge in [0.25, 0.3) is 5.91 Å². The maximum atomic E-state index is 13.2. The summed E-state index contributed by atoms with van der Waals surface area (Å²) in [5, 5.41) is 0. The van der Waals surface area contributed by atoms with E-state index < -0.39 is 0 Å². The highest BCUT2D eigenvalue weighted by Crippen LogP contribution is 2.19. The van der Waals surface area contributed by atoms with Crippen molar-refractivity contribution < 1.29 is 13.9 Å². The Balaban J connectivity index is 2.18. The van der Waals surface area contributed by atoms with Gasteiger partial charge in [-0.05, 0) is 44.5 Å². The molecular formula is C14H18FNO2. The molecule has 2 rings (SSSR count). The van der Waals surface area contributed by atoms with Gasteiger partial charge in [0.1, 0.15) is 5.82 Å². The van der Waals surface area contributed by atoms with Crippen molar-refractivity contribution >= 4 is 5.91 Å². The summed E-state index contributed by atoms with van der Waals surface area (Å²) in [5.74, 6) is -0.344. The Morgan fingerprint density at radius 2 is 2.17 bits per heavy atom. The van der Waals surface area contributed by atoms with Crippen LogP contribution in [0.1, 0.15) is 29.8 Å². The molecule has 0 radical (unpaired) electrons. The van der Waals surface area contributed by atoms with Gasteiger partial charge in [-0.25, -0.2) is 4.39 Å². The molecule has 0 aliphatic carbocycles. The standard InChI is InChI=1S/C14H18FNO2/c1-10-8-11(4-5-12(10)15)13(17)16-6-7-18-14(2,3)9-16/h4-5,8H,6-7,9H2,1-3H3. The molecular weight excluding hydrogens is 233 g/mol. The molecule has 0 atom stereocenters. The van der Waals surface area contributed by atoms with Crippen LogP contribution in [0, 0.1) is 12.7 Å². The number of benzene rings is 1. The van der Waals surface area contributed by atoms with E-state index in [2.05, 4.69) is 0 Å². The van der Waals surface area contributed by atoms with Gasteiger partial charge >= 0.3 is 0 Å². The van der Waals surface area contributed by atoms with Gasteiger partial charge < -0.3 is 9.64 Å². The number of amides is 1. The molecule has 0 spiro atoms. The molecule has 1 heterocycles. The zero-order valence-corrected chi connectivity index (χ0v) is 11.0. The predicted octanol–water partition coefficient (Wildman–Crippen LogP) is 2.39. The second kappa shape index (κ2) is 4.69. The number of nitrogens with zero attached hydrogens (tertiary/aromatic N) is 1. The van der Waals surface area contributed by atoms with Gasteiger partial charge in [0.05, 0.1) is 12.2 Å². The molecule has 0 aromatic heterocycles. The fourth-order valence-corrected chi connectivity index (χ4v) is 2.15. The number of hydrogen-bond acceptors (Lipinski definition) is 2. The minimum Gasteiger partial charge on any atom is -0.372 e. The van der Waals surface area contributed by atoms with Crippen LogP contribution in [0.25, 0.3) is 0 Å². The van der Waals surface area contributed by atoms with Crippen molar-refractivity contribution in [3.8, 4) is 0 Å². The molecule has 1 aromatic carbocycles. The second-order valence-corrected chi connectivity index (χ2v) is 5.30. The Kier molecular flexibility index (Phi) is 3.39. The van der Waals surface area contributed by atoms with Gasteiger partial charge in [0, 0.05) is 18.7 Å². The lowest BCUT2D eigenvalue weighted by Gasteiger charge is -2.38. The molecule has 18 heavy (non-hydrogen) atoms. The predicted molar refractivity (Wildman–Crippen MR) is 67.1 cm³/mol. The Labute approximate surface area is 107 Å². The summed E-state index contributed by atoms with van der Waals surface area (Å²) in [6.07, 6.45) is 0. The summed E-state index contributed by atoms with van der Waals surface area (Å²) in [4.78, 5) is 14.1. The molecule has 98 valence electrons. The van der Waals surface area contributed by atoms with Crippen molar-refractivity contribution in [2.24, 2.45) is 0 Å². The van der Waals surface area contributed by atoms with Crippen LogP contribution in [0.2, 0.25) is 0 Å². The average Bonchev–Trinajstić information content (AvgIpc) is 2.30. The molecule has 1 aromatic rings. The van der Waals surface area contributed by atoms with Gasteiger partial charge in [-0.1, -0.05) is 0 Å². The highest BCUT2D eigenvalue weighted by Gasteiger charge is 2.30. The van der Waals surface area contributed by atoms with Crippen LogP contribution < -0.4 is 0 Å². The van der Waals surface area contributed by atoms with Gasteiger partial charge in [-0.15, -0.1) is 0 Å². The molecule has 0 unspecified atom stereocenters. The molecule has 3 nitrogen and oxygen atoms in total. The normalized spacial score (nSPS) is 18.8. The average molecular weight is 251 g/mol. The Morgan fingerprint density at radius 3 is 2.78 bits per heavy atom. The van der Waals surface area contributed by atoms with Crippen LogP contribution >= 0.6 is 0 Å². The smallest absolute Gasteiger partial charge is 0.254 e. The third kappa shape index (κ3) is 2.70. The van der Waals surface area contributed by atoms with E-state index in [1.807, 2.05) is 13.8 Å². The molecule has 1 aliphatic heterocycles. The summed E-state index contributed by atoms with van der Waals surface area (Å²) in [6, 6.07) is 4.47. The van der Waals surface area contributed by atoms with Crippen molar-refractivity contribution in [1.29, 1.82) is 0 Å². The first-order chi connectivity index (χ1) is 8.39. The van der Waals surface area contributed by atoms with Gasteiger partial charge in [-0.2, -0.15) is 0 Å². The lowest BCUT2D eigenvalue weighted by atomic mass is 10.1. The van der Waals surface area contributed by atoms with Crippen molar-refractivity contribution in [3.63, 3.8) is 0 Å². The van der Waals surface area contributed by atoms with Crippen LogP contribution in [-0.2, 0) is 4.74 Å².